The number of anilines is 1. The standard InChI is InChI=1S/C21H16N2OS/c1-2-12-23-20(22-18-11-7-6-10-17(18)21(23)24)19-13-16(14-25-19)15-8-4-3-5-9-15/h1,3-11,13-14,20,22H,12H2/t20-/m0/s1. The van der Waals surface area contributed by atoms with Gasteiger partial charge in [0.25, 0.3) is 5.91 Å². The lowest BCUT2D eigenvalue weighted by molar-refractivity contribution is 0.0714. The molecular weight excluding hydrogens is 328 g/mol. The second-order valence-electron chi connectivity index (χ2n) is 5.83. The average Bonchev–Trinajstić information content (AvgIpc) is 3.15. The second-order valence-corrected chi connectivity index (χ2v) is 6.78. The second kappa shape index (κ2) is 6.46. The van der Waals surface area contributed by atoms with Gasteiger partial charge in [0.15, 0.2) is 0 Å². The Morgan fingerprint density at radius 1 is 1.08 bits per heavy atom. The maximum atomic E-state index is 12.9. The van der Waals surface area contributed by atoms with E-state index in [4.69, 9.17) is 6.42 Å². The summed E-state index contributed by atoms with van der Waals surface area (Å²) in [6.07, 6.45) is 5.26. The van der Waals surface area contributed by atoms with E-state index in [0.717, 1.165) is 21.7 Å². The molecule has 1 atom stereocenters. The number of nitrogens with zero attached hydrogens (tertiary/aromatic N) is 1. The highest BCUT2D eigenvalue weighted by atomic mass is 32.1. The van der Waals surface area contributed by atoms with Gasteiger partial charge in [-0.3, -0.25) is 4.79 Å². The van der Waals surface area contributed by atoms with Crippen LogP contribution in [0.5, 0.6) is 0 Å². The van der Waals surface area contributed by atoms with Gasteiger partial charge in [0, 0.05) is 10.6 Å². The first-order chi connectivity index (χ1) is 12.3. The number of terminal acetylenes is 1. The first kappa shape index (κ1) is 15.5. The van der Waals surface area contributed by atoms with Crippen molar-refractivity contribution in [2.45, 2.75) is 6.17 Å². The van der Waals surface area contributed by atoms with Gasteiger partial charge in [-0.1, -0.05) is 48.4 Å². The number of benzene rings is 2. The van der Waals surface area contributed by atoms with E-state index >= 15 is 0 Å². The van der Waals surface area contributed by atoms with Crippen LogP contribution in [-0.2, 0) is 0 Å². The van der Waals surface area contributed by atoms with Crippen LogP contribution >= 0.6 is 11.3 Å². The van der Waals surface area contributed by atoms with Crippen molar-refractivity contribution in [2.24, 2.45) is 0 Å². The molecule has 1 aliphatic rings. The summed E-state index contributed by atoms with van der Waals surface area (Å²) in [4.78, 5) is 15.6. The summed E-state index contributed by atoms with van der Waals surface area (Å²) >= 11 is 1.63. The molecule has 2 aromatic carbocycles. The Morgan fingerprint density at radius 3 is 2.64 bits per heavy atom. The highest BCUT2D eigenvalue weighted by molar-refractivity contribution is 7.10. The van der Waals surface area contributed by atoms with E-state index in [1.165, 1.54) is 0 Å². The molecule has 0 spiro atoms. The molecule has 4 heteroatoms. The van der Waals surface area contributed by atoms with E-state index in [0.29, 0.717) is 5.56 Å². The van der Waals surface area contributed by atoms with Crippen molar-refractivity contribution in [2.75, 3.05) is 11.9 Å². The van der Waals surface area contributed by atoms with Gasteiger partial charge in [-0.05, 0) is 34.7 Å². The van der Waals surface area contributed by atoms with Crippen LogP contribution in [0, 0.1) is 12.3 Å². The third kappa shape index (κ3) is 2.79. The summed E-state index contributed by atoms with van der Waals surface area (Å²) in [7, 11) is 0. The molecule has 0 bridgehead atoms. The number of hydrogen-bond acceptors (Lipinski definition) is 3. The zero-order valence-electron chi connectivity index (χ0n) is 13.5. The van der Waals surface area contributed by atoms with Gasteiger partial charge in [-0.15, -0.1) is 17.8 Å². The van der Waals surface area contributed by atoms with E-state index in [2.05, 4.69) is 34.8 Å². The van der Waals surface area contributed by atoms with Crippen molar-refractivity contribution in [1.82, 2.24) is 4.90 Å². The third-order valence-electron chi connectivity index (χ3n) is 4.28. The number of thiophene rings is 1. The fourth-order valence-corrected chi connectivity index (χ4v) is 4.03. The van der Waals surface area contributed by atoms with Gasteiger partial charge >= 0.3 is 0 Å². The molecule has 3 aromatic rings. The van der Waals surface area contributed by atoms with Gasteiger partial charge in [-0.2, -0.15) is 0 Å². The maximum Gasteiger partial charge on any atom is 0.258 e. The van der Waals surface area contributed by atoms with Crippen molar-refractivity contribution < 1.29 is 4.79 Å². The van der Waals surface area contributed by atoms with Crippen LogP contribution in [0.25, 0.3) is 11.1 Å². The van der Waals surface area contributed by atoms with Gasteiger partial charge in [0.2, 0.25) is 0 Å². The molecule has 3 nitrogen and oxygen atoms in total. The molecule has 0 unspecified atom stereocenters. The van der Waals surface area contributed by atoms with Crippen molar-refractivity contribution in [3.8, 4) is 23.5 Å². The van der Waals surface area contributed by atoms with Crippen molar-refractivity contribution in [3.63, 3.8) is 0 Å². The zero-order chi connectivity index (χ0) is 17.2. The number of nitrogens with one attached hydrogen (secondary N) is 1. The third-order valence-corrected chi connectivity index (χ3v) is 5.27. The minimum Gasteiger partial charge on any atom is -0.360 e. The van der Waals surface area contributed by atoms with Crippen LogP contribution in [0.2, 0.25) is 0 Å². The number of fused-ring (bicyclic) bond motifs is 1. The molecule has 4 rings (SSSR count). The molecule has 122 valence electrons. The van der Waals surface area contributed by atoms with Gasteiger partial charge in [0.05, 0.1) is 12.1 Å². The summed E-state index contributed by atoms with van der Waals surface area (Å²) in [6.45, 7) is 0.267. The summed E-state index contributed by atoms with van der Waals surface area (Å²) in [5.74, 6) is 2.57. The quantitative estimate of drug-likeness (QED) is 0.704. The average molecular weight is 344 g/mol. The normalized spacial score (nSPS) is 16.0. The number of rotatable bonds is 3. The molecule has 25 heavy (non-hydrogen) atoms. The highest BCUT2D eigenvalue weighted by Crippen LogP contribution is 2.37. The summed E-state index contributed by atoms with van der Waals surface area (Å²) < 4.78 is 0. The Balaban J connectivity index is 1.73. The monoisotopic (exact) mass is 344 g/mol. The number of carbonyl (C=O) groups excluding carboxylic acids is 1. The largest absolute Gasteiger partial charge is 0.360 e. The zero-order valence-corrected chi connectivity index (χ0v) is 14.3. The molecule has 1 amide bonds. The minimum absolute atomic E-state index is 0.0352. The molecule has 0 fully saturated rings. The van der Waals surface area contributed by atoms with Crippen LogP contribution in [0.15, 0.2) is 66.0 Å². The van der Waals surface area contributed by atoms with Crippen molar-refractivity contribution >= 4 is 22.9 Å². The summed E-state index contributed by atoms with van der Waals surface area (Å²) in [5.41, 5.74) is 3.82. The molecule has 0 aliphatic carbocycles. The van der Waals surface area contributed by atoms with E-state index in [9.17, 15) is 4.79 Å². The lowest BCUT2D eigenvalue weighted by atomic mass is 10.1. The summed E-state index contributed by atoms with van der Waals surface area (Å²) in [6, 6.07) is 19.9. The van der Waals surface area contributed by atoms with Crippen LogP contribution < -0.4 is 5.32 Å². The predicted molar refractivity (Wildman–Crippen MR) is 102 cm³/mol. The van der Waals surface area contributed by atoms with E-state index in [1.807, 2.05) is 42.5 Å². The van der Waals surface area contributed by atoms with Crippen LogP contribution in [0.1, 0.15) is 21.4 Å². The number of carbonyl (C=O) groups is 1. The topological polar surface area (TPSA) is 32.3 Å². The molecule has 0 saturated heterocycles. The van der Waals surface area contributed by atoms with Crippen molar-refractivity contribution in [3.05, 3.63) is 76.5 Å². The summed E-state index contributed by atoms with van der Waals surface area (Å²) in [5, 5.41) is 5.58. The minimum atomic E-state index is -0.249. The van der Waals surface area contributed by atoms with Crippen LogP contribution in [-0.4, -0.2) is 17.4 Å². The van der Waals surface area contributed by atoms with Crippen LogP contribution in [0.4, 0.5) is 5.69 Å². The van der Waals surface area contributed by atoms with E-state index < -0.39 is 0 Å². The lowest BCUT2D eigenvalue weighted by Crippen LogP contribution is -2.42. The fourth-order valence-electron chi connectivity index (χ4n) is 3.06. The molecule has 2 heterocycles. The smallest absolute Gasteiger partial charge is 0.258 e. The molecule has 1 aliphatic heterocycles. The lowest BCUT2D eigenvalue weighted by Gasteiger charge is -2.36. The molecule has 1 N–H and O–H groups in total. The predicted octanol–water partition coefficient (Wildman–Crippen LogP) is 4.61. The molecule has 0 radical (unpaired) electrons. The fraction of sp³-hybridized carbons (Fsp3) is 0.0952. The SMILES string of the molecule is C#CCN1C(=O)c2ccccc2N[C@@H]1c1cc(-c2ccccc2)cs1. The van der Waals surface area contributed by atoms with Gasteiger partial charge in [0.1, 0.15) is 6.17 Å². The molecule has 0 saturated carbocycles. The maximum absolute atomic E-state index is 12.9. The Kier molecular flexibility index (Phi) is 4.01. The number of amides is 1. The van der Waals surface area contributed by atoms with E-state index in [-0.39, 0.29) is 18.6 Å². The highest BCUT2D eigenvalue weighted by Gasteiger charge is 2.33. The first-order valence-corrected chi connectivity index (χ1v) is 8.90. The Morgan fingerprint density at radius 2 is 1.84 bits per heavy atom. The Hall–Kier alpha value is -3.03. The number of para-hydroxylation sites is 1. The first-order valence-electron chi connectivity index (χ1n) is 8.02. The molecular formula is C21H16N2OS. The number of hydrogen-bond donors (Lipinski definition) is 1. The Labute approximate surface area is 150 Å². The van der Waals surface area contributed by atoms with E-state index in [1.54, 1.807) is 16.2 Å². The van der Waals surface area contributed by atoms with Crippen LogP contribution in [0.3, 0.4) is 0 Å². The Bertz CT molecular complexity index is 955. The van der Waals surface area contributed by atoms with Crippen molar-refractivity contribution in [1.29, 1.82) is 0 Å². The molecule has 1 aromatic heterocycles. The van der Waals surface area contributed by atoms with Gasteiger partial charge in [-0.25, -0.2) is 0 Å². The van der Waals surface area contributed by atoms with Gasteiger partial charge < -0.3 is 10.2 Å².